The van der Waals surface area contributed by atoms with Crippen molar-refractivity contribution in [1.29, 1.82) is 0 Å². The summed E-state index contributed by atoms with van der Waals surface area (Å²) < 4.78 is 5.47. The van der Waals surface area contributed by atoms with Crippen molar-refractivity contribution in [3.8, 4) is 0 Å². The molecule has 0 saturated carbocycles. The smallest absolute Gasteiger partial charge is 0.0594 e. The maximum atomic E-state index is 5.78. The molecule has 1 aliphatic heterocycles. The Morgan fingerprint density at radius 2 is 1.83 bits per heavy atom. The lowest BCUT2D eigenvalue weighted by molar-refractivity contribution is 0.0426. The quantitative estimate of drug-likeness (QED) is 0.847. The van der Waals surface area contributed by atoms with E-state index in [2.05, 4.69) is 48.3 Å². The van der Waals surface area contributed by atoms with Gasteiger partial charge in [-0.1, -0.05) is 44.3 Å². The molecule has 3 rings (SSSR count). The number of thiocarbonyl (C=S) groups is 1. The van der Waals surface area contributed by atoms with Crippen LogP contribution in [0.1, 0.15) is 26.7 Å². The summed E-state index contributed by atoms with van der Waals surface area (Å²) in [6.45, 7) is 9.19. The molecule has 23 heavy (non-hydrogen) atoms. The maximum Gasteiger partial charge on any atom is 0.0594 e. The van der Waals surface area contributed by atoms with E-state index in [-0.39, 0.29) is 5.41 Å². The molecule has 124 valence electrons. The highest BCUT2D eigenvalue weighted by Gasteiger charge is 2.31. The first-order valence-electron chi connectivity index (χ1n) is 8.41. The fraction of sp³-hybridized carbons (Fsp3) is 0.526. The molecule has 1 fully saturated rings. The van der Waals surface area contributed by atoms with Gasteiger partial charge in [0.1, 0.15) is 0 Å². The third-order valence-corrected chi connectivity index (χ3v) is 4.94. The van der Waals surface area contributed by atoms with Gasteiger partial charge in [-0.05, 0) is 36.0 Å². The number of ether oxygens (including phenoxy) is 1. The second kappa shape index (κ2) is 7.12. The van der Waals surface area contributed by atoms with Crippen molar-refractivity contribution in [2.75, 3.05) is 38.2 Å². The topological polar surface area (TPSA) is 24.5 Å². The van der Waals surface area contributed by atoms with Gasteiger partial charge in [0.2, 0.25) is 0 Å². The molecule has 2 aliphatic rings. The van der Waals surface area contributed by atoms with Crippen molar-refractivity contribution >= 4 is 22.8 Å². The molecule has 0 aromatic heterocycles. The van der Waals surface area contributed by atoms with Crippen LogP contribution in [-0.4, -0.2) is 42.6 Å². The van der Waals surface area contributed by atoms with E-state index in [1.165, 1.54) is 11.3 Å². The second-order valence-corrected chi connectivity index (χ2v) is 7.77. The number of rotatable bonds is 4. The zero-order chi connectivity index (χ0) is 16.3. The molecule has 0 amide bonds. The van der Waals surface area contributed by atoms with Gasteiger partial charge in [0.25, 0.3) is 0 Å². The van der Waals surface area contributed by atoms with Crippen LogP contribution in [0, 0.1) is 5.41 Å². The molecule has 0 unspecified atom stereocenters. The first-order valence-corrected chi connectivity index (χ1v) is 8.82. The predicted molar refractivity (Wildman–Crippen MR) is 100.0 cm³/mol. The summed E-state index contributed by atoms with van der Waals surface area (Å²) in [6.07, 6.45) is 2.05. The first kappa shape index (κ1) is 16.6. The van der Waals surface area contributed by atoms with Gasteiger partial charge in [0, 0.05) is 35.9 Å². The lowest BCUT2D eigenvalue weighted by atomic mass is 9.76. The van der Waals surface area contributed by atoms with E-state index in [1.54, 1.807) is 0 Å². The maximum absolute atomic E-state index is 5.78. The minimum Gasteiger partial charge on any atom is -0.379 e. The molecule has 3 nitrogen and oxygen atoms in total. The van der Waals surface area contributed by atoms with E-state index in [0.29, 0.717) is 0 Å². The summed E-state index contributed by atoms with van der Waals surface area (Å²) in [7, 11) is 0. The van der Waals surface area contributed by atoms with Crippen molar-refractivity contribution in [3.05, 3.63) is 41.6 Å². The normalized spacial score (nSPS) is 22.3. The van der Waals surface area contributed by atoms with E-state index < -0.39 is 0 Å². The molecule has 0 atom stereocenters. The molecule has 0 bridgehead atoms. The van der Waals surface area contributed by atoms with Gasteiger partial charge in [0.15, 0.2) is 0 Å². The summed E-state index contributed by atoms with van der Waals surface area (Å²) in [4.78, 5) is 3.57. The van der Waals surface area contributed by atoms with Gasteiger partial charge in [-0.15, -0.1) is 0 Å². The van der Waals surface area contributed by atoms with Crippen molar-refractivity contribution in [3.63, 3.8) is 0 Å². The van der Waals surface area contributed by atoms with Gasteiger partial charge in [0.05, 0.1) is 13.2 Å². The van der Waals surface area contributed by atoms with E-state index >= 15 is 0 Å². The van der Waals surface area contributed by atoms with E-state index in [1.807, 2.05) is 6.07 Å². The number of nitrogens with zero attached hydrogens (tertiary/aromatic N) is 1. The third kappa shape index (κ3) is 4.40. The zero-order valence-electron chi connectivity index (χ0n) is 14.1. The number of allylic oxidation sites excluding steroid dienone is 1. The number of anilines is 1. The lowest BCUT2D eigenvalue weighted by Gasteiger charge is -2.37. The van der Waals surface area contributed by atoms with Crippen LogP contribution in [0.3, 0.4) is 0 Å². The van der Waals surface area contributed by atoms with Crippen molar-refractivity contribution in [2.24, 2.45) is 5.41 Å². The Morgan fingerprint density at radius 1 is 1.13 bits per heavy atom. The summed E-state index contributed by atoms with van der Waals surface area (Å²) in [5.41, 5.74) is 3.99. The number of nitrogens with one attached hydrogen (secondary N) is 1. The van der Waals surface area contributed by atoms with Crippen LogP contribution in [0.2, 0.25) is 0 Å². The molecule has 0 spiro atoms. The molecule has 0 radical (unpaired) electrons. The number of morpholine rings is 1. The molecule has 1 aliphatic carbocycles. The van der Waals surface area contributed by atoms with Gasteiger partial charge in [-0.2, -0.15) is 0 Å². The Hall–Kier alpha value is -1.23. The molecular weight excluding hydrogens is 304 g/mol. The summed E-state index contributed by atoms with van der Waals surface area (Å²) in [5, 5.41) is 3.64. The number of benzene rings is 1. The summed E-state index contributed by atoms with van der Waals surface area (Å²) in [5.74, 6) is 0. The largest absolute Gasteiger partial charge is 0.379 e. The monoisotopic (exact) mass is 330 g/mol. The van der Waals surface area contributed by atoms with Crippen LogP contribution in [0.5, 0.6) is 0 Å². The number of para-hydroxylation sites is 1. The van der Waals surface area contributed by atoms with E-state index in [9.17, 15) is 0 Å². The van der Waals surface area contributed by atoms with Crippen LogP contribution in [-0.2, 0) is 4.74 Å². The average molecular weight is 330 g/mol. The first-order chi connectivity index (χ1) is 11.0. The molecular formula is C19H26N2OS. The van der Waals surface area contributed by atoms with Gasteiger partial charge < -0.3 is 10.1 Å². The number of hydrogen-bond acceptors (Lipinski definition) is 4. The molecule has 4 heteroatoms. The zero-order valence-corrected chi connectivity index (χ0v) is 14.9. The van der Waals surface area contributed by atoms with E-state index in [4.69, 9.17) is 17.0 Å². The van der Waals surface area contributed by atoms with Gasteiger partial charge in [-0.3, -0.25) is 4.90 Å². The van der Waals surface area contributed by atoms with Crippen molar-refractivity contribution in [2.45, 2.75) is 26.7 Å². The Labute approximate surface area is 144 Å². The Kier molecular flexibility index (Phi) is 5.14. The number of hydrogen-bond donors (Lipinski definition) is 1. The Morgan fingerprint density at radius 3 is 2.52 bits per heavy atom. The van der Waals surface area contributed by atoms with Crippen LogP contribution >= 0.6 is 12.2 Å². The van der Waals surface area contributed by atoms with Crippen LogP contribution in [0.15, 0.2) is 41.6 Å². The molecule has 1 aromatic rings. The Balaban J connectivity index is 1.85. The van der Waals surface area contributed by atoms with E-state index in [0.717, 1.165) is 56.2 Å². The van der Waals surface area contributed by atoms with Crippen molar-refractivity contribution < 1.29 is 4.74 Å². The summed E-state index contributed by atoms with van der Waals surface area (Å²) in [6, 6.07) is 10.4. The van der Waals surface area contributed by atoms with Crippen LogP contribution in [0.4, 0.5) is 5.69 Å². The molecule has 1 saturated heterocycles. The average Bonchev–Trinajstić information content (AvgIpc) is 2.52. The van der Waals surface area contributed by atoms with Crippen LogP contribution in [0.25, 0.3) is 0 Å². The minimum atomic E-state index is 0.225. The standard InChI is InChI=1S/C19H26N2OS/c1-19(2)12-17(20-15-6-4-3-5-7-15)16(18(23)13-19)14-21-8-10-22-11-9-21/h3-7,20H,8-14H2,1-2H3. The predicted octanol–water partition coefficient (Wildman–Crippen LogP) is 3.87. The molecule has 1 N–H and O–H groups in total. The minimum absolute atomic E-state index is 0.225. The SMILES string of the molecule is CC1(C)CC(=S)C(CN2CCOCC2)=C(Nc2ccccc2)C1. The highest BCUT2D eigenvalue weighted by molar-refractivity contribution is 7.80. The highest BCUT2D eigenvalue weighted by Crippen LogP contribution is 2.38. The highest BCUT2D eigenvalue weighted by atomic mass is 32.1. The second-order valence-electron chi connectivity index (χ2n) is 7.28. The van der Waals surface area contributed by atoms with Crippen LogP contribution < -0.4 is 5.32 Å². The fourth-order valence-electron chi connectivity index (χ4n) is 3.34. The fourth-order valence-corrected chi connectivity index (χ4v) is 3.92. The lowest BCUT2D eigenvalue weighted by Crippen LogP contribution is -2.40. The molecule has 1 aromatic carbocycles. The Bertz CT molecular complexity index is 589. The van der Waals surface area contributed by atoms with Crippen molar-refractivity contribution in [1.82, 2.24) is 4.90 Å². The summed E-state index contributed by atoms with van der Waals surface area (Å²) >= 11 is 5.78. The third-order valence-electron chi connectivity index (χ3n) is 4.55. The van der Waals surface area contributed by atoms with Gasteiger partial charge in [-0.25, -0.2) is 0 Å². The molecule has 1 heterocycles. The van der Waals surface area contributed by atoms with Gasteiger partial charge >= 0.3 is 0 Å².